The van der Waals surface area contributed by atoms with Crippen molar-refractivity contribution in [1.82, 2.24) is 9.88 Å². The lowest BCUT2D eigenvalue weighted by Crippen LogP contribution is -2.43. The van der Waals surface area contributed by atoms with E-state index in [1.807, 2.05) is 24.5 Å². The van der Waals surface area contributed by atoms with Gasteiger partial charge in [-0.1, -0.05) is 11.8 Å². The molecule has 4 rings (SSSR count). The lowest BCUT2D eigenvalue weighted by atomic mass is 9.96. The third-order valence-electron chi connectivity index (χ3n) is 4.66. The minimum absolute atomic E-state index is 0.0475. The summed E-state index contributed by atoms with van der Waals surface area (Å²) in [6, 6.07) is 7.42. The molecular formula is C19H19N3O3S2. The average molecular weight is 402 g/mol. The summed E-state index contributed by atoms with van der Waals surface area (Å²) in [7, 11) is 0. The molecule has 1 fully saturated rings. The molecule has 1 unspecified atom stereocenters. The van der Waals surface area contributed by atoms with Crippen LogP contribution in [0.25, 0.3) is 10.2 Å². The molecule has 3 aromatic rings. The summed E-state index contributed by atoms with van der Waals surface area (Å²) < 4.78 is 7.05. The summed E-state index contributed by atoms with van der Waals surface area (Å²) in [4.78, 5) is 31.5. The van der Waals surface area contributed by atoms with E-state index in [1.165, 1.54) is 12.5 Å². The van der Waals surface area contributed by atoms with Crippen LogP contribution < -0.4 is 5.32 Å². The molecule has 1 aliphatic heterocycles. The number of benzene rings is 1. The van der Waals surface area contributed by atoms with Crippen LogP contribution in [0.4, 0.5) is 5.69 Å². The molecule has 3 heterocycles. The number of nitrogens with one attached hydrogen (secondary N) is 1. The van der Waals surface area contributed by atoms with Crippen molar-refractivity contribution >= 4 is 50.8 Å². The standard InChI is InChI=1S/C19H19N3O3S2/c1-26-19-21-15-5-4-14(9-16(15)27-19)20-17(23)12-3-2-7-22(10-12)18(24)13-6-8-25-11-13/h4-6,8-9,11-12H,2-3,7,10H2,1H3,(H,20,23). The first-order valence-electron chi connectivity index (χ1n) is 8.71. The number of rotatable bonds is 4. The number of carbonyl (C=O) groups excluding carboxylic acids is 2. The van der Waals surface area contributed by atoms with E-state index in [0.29, 0.717) is 18.7 Å². The van der Waals surface area contributed by atoms with Gasteiger partial charge in [0.05, 0.1) is 28.0 Å². The monoisotopic (exact) mass is 401 g/mol. The normalized spacial score (nSPS) is 17.2. The van der Waals surface area contributed by atoms with E-state index in [1.54, 1.807) is 34.1 Å². The Balaban J connectivity index is 1.43. The molecule has 2 amide bonds. The van der Waals surface area contributed by atoms with Crippen LogP contribution in [-0.2, 0) is 4.79 Å². The van der Waals surface area contributed by atoms with Crippen LogP contribution in [-0.4, -0.2) is 41.0 Å². The highest BCUT2D eigenvalue weighted by molar-refractivity contribution is 8.00. The number of nitrogens with zero attached hydrogens (tertiary/aromatic N) is 2. The number of hydrogen-bond donors (Lipinski definition) is 1. The fourth-order valence-electron chi connectivity index (χ4n) is 3.26. The highest BCUT2D eigenvalue weighted by Crippen LogP contribution is 2.30. The van der Waals surface area contributed by atoms with Crippen molar-refractivity contribution in [1.29, 1.82) is 0 Å². The summed E-state index contributed by atoms with van der Waals surface area (Å²) in [6.45, 7) is 1.09. The number of thioether (sulfide) groups is 1. The quantitative estimate of drug-likeness (QED) is 0.666. The summed E-state index contributed by atoms with van der Waals surface area (Å²) >= 11 is 3.23. The maximum absolute atomic E-state index is 12.7. The van der Waals surface area contributed by atoms with Gasteiger partial charge in [-0.05, 0) is 43.4 Å². The average Bonchev–Trinajstić information content (AvgIpc) is 3.36. The number of anilines is 1. The van der Waals surface area contributed by atoms with E-state index in [4.69, 9.17) is 4.42 Å². The second kappa shape index (κ2) is 7.74. The van der Waals surface area contributed by atoms with Gasteiger partial charge in [-0.15, -0.1) is 11.3 Å². The lowest BCUT2D eigenvalue weighted by molar-refractivity contribution is -0.121. The van der Waals surface area contributed by atoms with Gasteiger partial charge in [0.2, 0.25) is 5.91 Å². The van der Waals surface area contributed by atoms with Crippen molar-refractivity contribution in [2.45, 2.75) is 17.2 Å². The third kappa shape index (κ3) is 3.86. The van der Waals surface area contributed by atoms with E-state index in [9.17, 15) is 9.59 Å². The van der Waals surface area contributed by atoms with E-state index in [2.05, 4.69) is 10.3 Å². The molecular weight excluding hydrogens is 382 g/mol. The van der Waals surface area contributed by atoms with Crippen LogP contribution in [0.5, 0.6) is 0 Å². The summed E-state index contributed by atoms with van der Waals surface area (Å²) in [5.74, 6) is -0.348. The lowest BCUT2D eigenvalue weighted by Gasteiger charge is -2.31. The molecule has 2 aromatic heterocycles. The van der Waals surface area contributed by atoms with E-state index >= 15 is 0 Å². The van der Waals surface area contributed by atoms with Gasteiger partial charge in [-0.2, -0.15) is 0 Å². The molecule has 1 aromatic carbocycles. The number of carbonyl (C=O) groups is 2. The van der Waals surface area contributed by atoms with Crippen LogP contribution in [0.1, 0.15) is 23.2 Å². The number of piperidine rings is 1. The molecule has 140 valence electrons. The predicted octanol–water partition coefficient (Wildman–Crippen LogP) is 4.10. The predicted molar refractivity (Wildman–Crippen MR) is 107 cm³/mol. The Hall–Kier alpha value is -2.32. The topological polar surface area (TPSA) is 75.4 Å². The summed E-state index contributed by atoms with van der Waals surface area (Å²) in [5.41, 5.74) is 2.23. The number of amides is 2. The molecule has 0 radical (unpaired) electrons. The van der Waals surface area contributed by atoms with Gasteiger partial charge in [-0.25, -0.2) is 4.98 Å². The Morgan fingerprint density at radius 2 is 2.26 bits per heavy atom. The van der Waals surface area contributed by atoms with Gasteiger partial charge < -0.3 is 14.6 Å². The zero-order chi connectivity index (χ0) is 18.8. The van der Waals surface area contributed by atoms with Gasteiger partial charge in [-0.3, -0.25) is 9.59 Å². The number of fused-ring (bicyclic) bond motifs is 1. The summed E-state index contributed by atoms with van der Waals surface area (Å²) in [6.07, 6.45) is 6.52. The van der Waals surface area contributed by atoms with Crippen molar-refractivity contribution in [3.05, 3.63) is 42.4 Å². The van der Waals surface area contributed by atoms with E-state index in [-0.39, 0.29) is 17.7 Å². The van der Waals surface area contributed by atoms with Gasteiger partial charge in [0.15, 0.2) is 4.34 Å². The molecule has 0 bridgehead atoms. The maximum atomic E-state index is 12.7. The zero-order valence-corrected chi connectivity index (χ0v) is 16.4. The number of furan rings is 1. The van der Waals surface area contributed by atoms with Crippen molar-refractivity contribution in [2.75, 3.05) is 24.7 Å². The second-order valence-corrected chi connectivity index (χ2v) is 8.54. The first-order chi connectivity index (χ1) is 13.1. The molecule has 1 atom stereocenters. The number of likely N-dealkylation sites (tertiary alicyclic amines) is 1. The van der Waals surface area contributed by atoms with Crippen LogP contribution >= 0.6 is 23.1 Å². The minimum Gasteiger partial charge on any atom is -0.472 e. The maximum Gasteiger partial charge on any atom is 0.257 e. The zero-order valence-electron chi connectivity index (χ0n) is 14.8. The molecule has 0 aliphatic carbocycles. The Kier molecular flexibility index (Phi) is 5.18. The fraction of sp³-hybridized carbons (Fsp3) is 0.316. The van der Waals surface area contributed by atoms with Gasteiger partial charge in [0, 0.05) is 18.8 Å². The number of hydrogen-bond acceptors (Lipinski definition) is 6. The molecule has 6 nitrogen and oxygen atoms in total. The van der Waals surface area contributed by atoms with Crippen molar-refractivity contribution < 1.29 is 14.0 Å². The fourth-order valence-corrected chi connectivity index (χ4v) is 4.79. The molecule has 8 heteroatoms. The highest BCUT2D eigenvalue weighted by Gasteiger charge is 2.29. The smallest absolute Gasteiger partial charge is 0.257 e. The van der Waals surface area contributed by atoms with Crippen LogP contribution in [0.2, 0.25) is 0 Å². The molecule has 1 N–H and O–H groups in total. The Morgan fingerprint density at radius 1 is 1.37 bits per heavy atom. The Bertz CT molecular complexity index is 968. The Labute approximate surface area is 164 Å². The highest BCUT2D eigenvalue weighted by atomic mass is 32.2. The van der Waals surface area contributed by atoms with Gasteiger partial charge in [0.1, 0.15) is 6.26 Å². The molecule has 1 aliphatic rings. The Morgan fingerprint density at radius 3 is 3.04 bits per heavy atom. The number of aromatic nitrogens is 1. The minimum atomic E-state index is -0.214. The molecule has 0 saturated carbocycles. The van der Waals surface area contributed by atoms with Crippen molar-refractivity contribution in [3.8, 4) is 0 Å². The first kappa shape index (κ1) is 18.1. The largest absolute Gasteiger partial charge is 0.472 e. The van der Waals surface area contributed by atoms with E-state index < -0.39 is 0 Å². The molecule has 1 saturated heterocycles. The second-order valence-electron chi connectivity index (χ2n) is 6.46. The van der Waals surface area contributed by atoms with Crippen LogP contribution in [0.3, 0.4) is 0 Å². The van der Waals surface area contributed by atoms with Crippen molar-refractivity contribution in [2.24, 2.45) is 5.92 Å². The van der Waals surface area contributed by atoms with Gasteiger partial charge in [0.25, 0.3) is 5.91 Å². The molecule has 0 spiro atoms. The molecule has 27 heavy (non-hydrogen) atoms. The van der Waals surface area contributed by atoms with Crippen molar-refractivity contribution in [3.63, 3.8) is 0 Å². The SMILES string of the molecule is CSc1nc2ccc(NC(=O)C3CCCN(C(=O)c4ccoc4)C3)cc2s1. The first-order valence-corrected chi connectivity index (χ1v) is 10.7. The van der Waals surface area contributed by atoms with Crippen LogP contribution in [0.15, 0.2) is 45.5 Å². The van der Waals surface area contributed by atoms with Gasteiger partial charge >= 0.3 is 0 Å². The summed E-state index contributed by atoms with van der Waals surface area (Å²) in [5, 5.41) is 3.00. The number of thiazole rings is 1. The van der Waals surface area contributed by atoms with Crippen LogP contribution in [0, 0.1) is 5.92 Å². The van der Waals surface area contributed by atoms with E-state index in [0.717, 1.165) is 33.1 Å². The third-order valence-corrected chi connectivity index (χ3v) is 6.66.